The molecule has 0 spiro atoms. The fourth-order valence-corrected chi connectivity index (χ4v) is 2.37. The summed E-state index contributed by atoms with van der Waals surface area (Å²) in [7, 11) is 0. The SMILES string of the molecule is O=C(O)/C=C\c1cc([N+](=O)[O-])ccc1N1CCCCC1. The van der Waals surface area contributed by atoms with E-state index in [1.54, 1.807) is 6.07 Å². The number of rotatable bonds is 4. The summed E-state index contributed by atoms with van der Waals surface area (Å²) in [6, 6.07) is 4.58. The van der Waals surface area contributed by atoms with Crippen molar-refractivity contribution in [1.29, 1.82) is 0 Å². The molecule has 0 saturated carbocycles. The van der Waals surface area contributed by atoms with Crippen LogP contribution >= 0.6 is 0 Å². The predicted octanol–water partition coefficient (Wildman–Crippen LogP) is 2.68. The monoisotopic (exact) mass is 276 g/mol. The van der Waals surface area contributed by atoms with Crippen LogP contribution in [0.2, 0.25) is 0 Å². The first-order valence-corrected chi connectivity index (χ1v) is 6.52. The molecule has 0 radical (unpaired) electrons. The van der Waals surface area contributed by atoms with Crippen molar-refractivity contribution in [1.82, 2.24) is 0 Å². The van der Waals surface area contributed by atoms with E-state index in [1.807, 2.05) is 0 Å². The van der Waals surface area contributed by atoms with Gasteiger partial charge in [0, 0.05) is 42.5 Å². The summed E-state index contributed by atoms with van der Waals surface area (Å²) in [6.45, 7) is 1.79. The first-order valence-electron chi connectivity index (χ1n) is 6.52. The van der Waals surface area contributed by atoms with E-state index < -0.39 is 10.9 Å². The molecular formula is C14H16N2O4. The highest BCUT2D eigenvalue weighted by atomic mass is 16.6. The lowest BCUT2D eigenvalue weighted by atomic mass is 10.1. The quantitative estimate of drug-likeness (QED) is 0.519. The van der Waals surface area contributed by atoms with Crippen LogP contribution in [0.4, 0.5) is 11.4 Å². The summed E-state index contributed by atoms with van der Waals surface area (Å²) >= 11 is 0. The molecule has 6 heteroatoms. The molecule has 1 aromatic carbocycles. The van der Waals surface area contributed by atoms with Crippen LogP contribution in [-0.2, 0) is 4.79 Å². The Labute approximate surface area is 116 Å². The van der Waals surface area contributed by atoms with Crippen molar-refractivity contribution < 1.29 is 14.8 Å². The Morgan fingerprint density at radius 2 is 2.00 bits per heavy atom. The third-order valence-electron chi connectivity index (χ3n) is 3.32. The van der Waals surface area contributed by atoms with Crippen LogP contribution in [0.3, 0.4) is 0 Å². The molecule has 106 valence electrons. The molecule has 1 saturated heterocycles. The van der Waals surface area contributed by atoms with E-state index in [9.17, 15) is 14.9 Å². The maximum atomic E-state index is 10.8. The van der Waals surface area contributed by atoms with E-state index in [0.717, 1.165) is 37.7 Å². The van der Waals surface area contributed by atoms with Crippen molar-refractivity contribution in [3.05, 3.63) is 40.0 Å². The number of aliphatic carboxylic acids is 1. The number of nitro benzene ring substituents is 1. The molecule has 1 aromatic rings. The number of anilines is 1. The van der Waals surface area contributed by atoms with Gasteiger partial charge in [-0.05, 0) is 31.4 Å². The fraction of sp³-hybridized carbons (Fsp3) is 0.357. The standard InChI is InChI=1S/C14H16N2O4/c17-14(18)7-4-11-10-12(16(19)20)5-6-13(11)15-8-2-1-3-9-15/h4-7,10H,1-3,8-9H2,(H,17,18)/b7-4-. The third kappa shape index (κ3) is 3.34. The molecule has 20 heavy (non-hydrogen) atoms. The molecule has 0 unspecified atom stereocenters. The zero-order valence-electron chi connectivity index (χ0n) is 11.0. The number of benzene rings is 1. The second kappa shape index (κ2) is 6.18. The van der Waals surface area contributed by atoms with Gasteiger partial charge < -0.3 is 10.0 Å². The molecule has 1 aliphatic rings. The number of nitro groups is 1. The van der Waals surface area contributed by atoms with Gasteiger partial charge in [0.1, 0.15) is 0 Å². The first kappa shape index (κ1) is 14.0. The Morgan fingerprint density at radius 3 is 2.60 bits per heavy atom. The van der Waals surface area contributed by atoms with Gasteiger partial charge in [0.05, 0.1) is 4.92 Å². The number of piperidine rings is 1. The highest BCUT2D eigenvalue weighted by Gasteiger charge is 2.16. The molecule has 0 amide bonds. The van der Waals surface area contributed by atoms with Crippen LogP contribution in [0.1, 0.15) is 24.8 Å². The average Bonchev–Trinajstić information content (AvgIpc) is 2.45. The highest BCUT2D eigenvalue weighted by molar-refractivity contribution is 5.87. The lowest BCUT2D eigenvalue weighted by molar-refractivity contribution is -0.384. The summed E-state index contributed by atoms with van der Waals surface area (Å²) in [5.74, 6) is -1.07. The van der Waals surface area contributed by atoms with Gasteiger partial charge in [0.2, 0.25) is 0 Å². The third-order valence-corrected chi connectivity index (χ3v) is 3.32. The molecule has 0 bridgehead atoms. The topological polar surface area (TPSA) is 83.7 Å². The second-order valence-electron chi connectivity index (χ2n) is 4.72. The normalized spacial score (nSPS) is 15.5. The van der Waals surface area contributed by atoms with E-state index in [0.29, 0.717) is 5.56 Å². The summed E-state index contributed by atoms with van der Waals surface area (Å²) in [6.07, 6.45) is 5.77. The summed E-state index contributed by atoms with van der Waals surface area (Å²) < 4.78 is 0. The smallest absolute Gasteiger partial charge is 0.328 e. The summed E-state index contributed by atoms with van der Waals surface area (Å²) in [5.41, 5.74) is 1.40. The molecule has 2 rings (SSSR count). The number of nitrogens with zero attached hydrogens (tertiary/aromatic N) is 2. The number of carboxylic acids is 1. The van der Waals surface area contributed by atoms with Gasteiger partial charge in [-0.3, -0.25) is 10.1 Å². The average molecular weight is 276 g/mol. The number of carboxylic acid groups (broad SMARTS) is 1. The van der Waals surface area contributed by atoms with Gasteiger partial charge >= 0.3 is 5.97 Å². The molecule has 1 N–H and O–H groups in total. The second-order valence-corrected chi connectivity index (χ2v) is 4.72. The summed E-state index contributed by atoms with van der Waals surface area (Å²) in [5, 5.41) is 19.6. The largest absolute Gasteiger partial charge is 0.478 e. The van der Waals surface area contributed by atoms with Crippen molar-refractivity contribution >= 4 is 23.4 Å². The molecule has 0 atom stereocenters. The van der Waals surface area contributed by atoms with E-state index >= 15 is 0 Å². The minimum Gasteiger partial charge on any atom is -0.478 e. The van der Waals surface area contributed by atoms with Gasteiger partial charge in [0.15, 0.2) is 0 Å². The predicted molar refractivity (Wildman–Crippen MR) is 75.8 cm³/mol. The lowest BCUT2D eigenvalue weighted by Crippen LogP contribution is -2.29. The fourth-order valence-electron chi connectivity index (χ4n) is 2.37. The Balaban J connectivity index is 2.38. The molecule has 1 heterocycles. The van der Waals surface area contributed by atoms with Crippen molar-refractivity contribution in [3.63, 3.8) is 0 Å². The number of carbonyl (C=O) groups is 1. The van der Waals surface area contributed by atoms with Crippen LogP contribution in [0.25, 0.3) is 6.08 Å². The Hall–Kier alpha value is -2.37. The van der Waals surface area contributed by atoms with Crippen LogP contribution in [0, 0.1) is 10.1 Å². The van der Waals surface area contributed by atoms with Gasteiger partial charge in [0.25, 0.3) is 5.69 Å². The lowest BCUT2D eigenvalue weighted by Gasteiger charge is -2.30. The van der Waals surface area contributed by atoms with Crippen LogP contribution in [0.5, 0.6) is 0 Å². The van der Waals surface area contributed by atoms with E-state index in [1.165, 1.54) is 24.6 Å². The molecule has 6 nitrogen and oxygen atoms in total. The Bertz CT molecular complexity index is 548. The first-order chi connectivity index (χ1) is 9.58. The Morgan fingerprint density at radius 1 is 1.30 bits per heavy atom. The van der Waals surface area contributed by atoms with Crippen molar-refractivity contribution in [2.45, 2.75) is 19.3 Å². The highest BCUT2D eigenvalue weighted by Crippen LogP contribution is 2.28. The van der Waals surface area contributed by atoms with E-state index in [-0.39, 0.29) is 5.69 Å². The maximum Gasteiger partial charge on any atom is 0.328 e. The minimum absolute atomic E-state index is 0.0317. The van der Waals surface area contributed by atoms with Gasteiger partial charge in [-0.25, -0.2) is 4.79 Å². The summed E-state index contributed by atoms with van der Waals surface area (Å²) in [4.78, 5) is 23.1. The maximum absolute atomic E-state index is 10.8. The van der Waals surface area contributed by atoms with Gasteiger partial charge in [-0.1, -0.05) is 0 Å². The van der Waals surface area contributed by atoms with E-state index in [2.05, 4.69) is 4.90 Å². The van der Waals surface area contributed by atoms with Crippen LogP contribution in [-0.4, -0.2) is 29.1 Å². The Kier molecular flexibility index (Phi) is 4.34. The zero-order chi connectivity index (χ0) is 14.5. The van der Waals surface area contributed by atoms with Crippen LogP contribution < -0.4 is 4.90 Å². The van der Waals surface area contributed by atoms with Crippen molar-refractivity contribution in [2.24, 2.45) is 0 Å². The molecule has 0 aliphatic carbocycles. The molecule has 1 fully saturated rings. The van der Waals surface area contributed by atoms with Crippen molar-refractivity contribution in [2.75, 3.05) is 18.0 Å². The van der Waals surface area contributed by atoms with Crippen molar-refractivity contribution in [3.8, 4) is 0 Å². The molecule has 1 aliphatic heterocycles. The van der Waals surface area contributed by atoms with E-state index in [4.69, 9.17) is 5.11 Å². The number of hydrogen-bond donors (Lipinski definition) is 1. The number of hydrogen-bond acceptors (Lipinski definition) is 4. The number of non-ortho nitro benzene ring substituents is 1. The van der Waals surface area contributed by atoms with Gasteiger partial charge in [-0.2, -0.15) is 0 Å². The zero-order valence-corrected chi connectivity index (χ0v) is 11.0. The molecular weight excluding hydrogens is 260 g/mol. The molecule has 0 aromatic heterocycles. The van der Waals surface area contributed by atoms with Crippen LogP contribution in [0.15, 0.2) is 24.3 Å². The van der Waals surface area contributed by atoms with Gasteiger partial charge in [-0.15, -0.1) is 0 Å². The minimum atomic E-state index is -1.07.